The molecule has 106 valence electrons. The van der Waals surface area contributed by atoms with Gasteiger partial charge in [-0.1, -0.05) is 53.3 Å². The van der Waals surface area contributed by atoms with Crippen LogP contribution in [0.25, 0.3) is 0 Å². The lowest BCUT2D eigenvalue weighted by molar-refractivity contribution is 0.297. The average molecular weight is 270 g/mol. The number of hydrogen-bond donors (Lipinski definition) is 1. The summed E-state index contributed by atoms with van der Waals surface area (Å²) >= 11 is 1.90. The van der Waals surface area contributed by atoms with Gasteiger partial charge < -0.3 is 5.32 Å². The number of rotatable bonds is 6. The molecule has 0 aromatic rings. The van der Waals surface area contributed by atoms with Crippen molar-refractivity contribution in [2.45, 2.75) is 59.9 Å². The van der Waals surface area contributed by atoms with Crippen LogP contribution in [0, 0.1) is 17.8 Å². The van der Waals surface area contributed by atoms with Gasteiger partial charge in [-0.15, -0.1) is 0 Å². The molecule has 1 N–H and O–H groups in total. The molecule has 3 heteroatoms. The van der Waals surface area contributed by atoms with Crippen LogP contribution in [0.3, 0.4) is 0 Å². The number of nitrogens with one attached hydrogen (secondary N) is 1. The summed E-state index contributed by atoms with van der Waals surface area (Å²) in [5.41, 5.74) is 0.300. The highest BCUT2D eigenvalue weighted by atomic mass is 32.2. The fourth-order valence-corrected chi connectivity index (χ4v) is 3.95. The van der Waals surface area contributed by atoms with Crippen LogP contribution in [0.4, 0.5) is 0 Å². The summed E-state index contributed by atoms with van der Waals surface area (Å²) in [4.78, 5) is 4.83. The number of thioether (sulfide) groups is 1. The Balaban J connectivity index is 2.59. The fraction of sp³-hybridized carbons (Fsp3) is 0.933. The molecule has 0 aliphatic carbocycles. The minimum Gasteiger partial charge on any atom is -0.359 e. The maximum Gasteiger partial charge on any atom is 0.157 e. The number of nitrogens with zero attached hydrogens (tertiary/aromatic N) is 1. The van der Waals surface area contributed by atoms with E-state index in [1.54, 1.807) is 0 Å². The Morgan fingerprint density at radius 1 is 1.17 bits per heavy atom. The lowest BCUT2D eigenvalue weighted by atomic mass is 9.86. The van der Waals surface area contributed by atoms with Crippen LogP contribution in [0.15, 0.2) is 4.99 Å². The highest BCUT2D eigenvalue weighted by Gasteiger charge is 2.33. The van der Waals surface area contributed by atoms with Gasteiger partial charge in [0, 0.05) is 17.8 Å². The van der Waals surface area contributed by atoms with Crippen molar-refractivity contribution in [1.82, 2.24) is 5.32 Å². The average Bonchev–Trinajstić information content (AvgIpc) is 2.73. The molecule has 2 nitrogen and oxygen atoms in total. The van der Waals surface area contributed by atoms with E-state index in [2.05, 4.69) is 46.9 Å². The molecule has 0 unspecified atom stereocenters. The predicted octanol–water partition coefficient (Wildman–Crippen LogP) is 4.17. The Labute approximate surface area is 117 Å². The molecule has 1 rings (SSSR count). The highest BCUT2D eigenvalue weighted by molar-refractivity contribution is 8.14. The fourth-order valence-electron chi connectivity index (χ4n) is 2.60. The summed E-state index contributed by atoms with van der Waals surface area (Å²) in [5.74, 6) is 3.29. The minimum absolute atomic E-state index is 0.300. The zero-order chi connectivity index (χ0) is 13.8. The highest BCUT2D eigenvalue weighted by Crippen LogP contribution is 2.29. The second kappa shape index (κ2) is 6.83. The van der Waals surface area contributed by atoms with E-state index in [4.69, 9.17) is 4.99 Å². The van der Waals surface area contributed by atoms with Crippen LogP contribution in [-0.4, -0.2) is 23.0 Å². The maximum atomic E-state index is 4.83. The zero-order valence-electron chi connectivity index (χ0n) is 12.9. The van der Waals surface area contributed by atoms with Crippen LogP contribution in [0.2, 0.25) is 0 Å². The summed E-state index contributed by atoms with van der Waals surface area (Å²) in [6.45, 7) is 14.7. The Morgan fingerprint density at radius 3 is 2.11 bits per heavy atom. The Kier molecular flexibility index (Phi) is 6.03. The summed E-state index contributed by atoms with van der Waals surface area (Å²) in [5, 5.41) is 4.82. The summed E-state index contributed by atoms with van der Waals surface area (Å²) in [6, 6.07) is 0. The maximum absolute atomic E-state index is 4.83. The molecular weight excluding hydrogens is 240 g/mol. The van der Waals surface area contributed by atoms with Crippen LogP contribution in [0.5, 0.6) is 0 Å². The molecule has 0 aromatic carbocycles. The van der Waals surface area contributed by atoms with E-state index < -0.39 is 0 Å². The van der Waals surface area contributed by atoms with E-state index in [0.29, 0.717) is 23.3 Å². The van der Waals surface area contributed by atoms with E-state index in [0.717, 1.165) is 6.54 Å². The van der Waals surface area contributed by atoms with E-state index in [1.165, 1.54) is 23.8 Å². The second-order valence-electron chi connectivity index (χ2n) is 6.20. The lowest BCUT2D eigenvalue weighted by Gasteiger charge is -2.26. The molecule has 1 saturated heterocycles. The third-order valence-corrected chi connectivity index (χ3v) is 5.57. The van der Waals surface area contributed by atoms with E-state index >= 15 is 0 Å². The molecule has 18 heavy (non-hydrogen) atoms. The van der Waals surface area contributed by atoms with Crippen LogP contribution in [0.1, 0.15) is 54.4 Å². The Bertz CT molecular complexity index is 272. The van der Waals surface area contributed by atoms with Gasteiger partial charge in [0.25, 0.3) is 0 Å². The topological polar surface area (TPSA) is 24.4 Å². The summed E-state index contributed by atoms with van der Waals surface area (Å²) in [6.07, 6.45) is 2.38. The van der Waals surface area contributed by atoms with E-state index in [9.17, 15) is 0 Å². The quantitative estimate of drug-likeness (QED) is 0.783. The summed E-state index contributed by atoms with van der Waals surface area (Å²) in [7, 11) is 0. The molecule has 0 atom stereocenters. The van der Waals surface area contributed by atoms with Gasteiger partial charge >= 0.3 is 0 Å². The monoisotopic (exact) mass is 270 g/mol. The number of amidine groups is 1. The Morgan fingerprint density at radius 2 is 1.72 bits per heavy atom. The van der Waals surface area contributed by atoms with Gasteiger partial charge in [0.15, 0.2) is 5.17 Å². The first kappa shape index (κ1) is 15.9. The third kappa shape index (κ3) is 3.91. The zero-order valence-corrected chi connectivity index (χ0v) is 13.7. The van der Waals surface area contributed by atoms with Crippen molar-refractivity contribution >= 4 is 16.9 Å². The van der Waals surface area contributed by atoms with Crippen LogP contribution >= 0.6 is 11.8 Å². The molecule has 0 saturated carbocycles. The van der Waals surface area contributed by atoms with Crippen LogP contribution < -0.4 is 5.32 Å². The van der Waals surface area contributed by atoms with Gasteiger partial charge in [-0.2, -0.15) is 0 Å². The van der Waals surface area contributed by atoms with Gasteiger partial charge in [0.2, 0.25) is 0 Å². The van der Waals surface area contributed by atoms with Crippen molar-refractivity contribution in [3.8, 4) is 0 Å². The largest absolute Gasteiger partial charge is 0.359 e. The van der Waals surface area contributed by atoms with Crippen molar-refractivity contribution in [3.63, 3.8) is 0 Å². The second-order valence-corrected chi connectivity index (χ2v) is 7.16. The molecule has 1 aliphatic rings. The number of aliphatic imine (C=N–C) groups is 1. The third-order valence-electron chi connectivity index (χ3n) is 4.37. The first-order valence-electron chi connectivity index (χ1n) is 7.39. The van der Waals surface area contributed by atoms with Crippen LogP contribution in [-0.2, 0) is 0 Å². The first-order valence-corrected chi connectivity index (χ1v) is 8.38. The molecule has 1 heterocycles. The van der Waals surface area contributed by atoms with Crippen molar-refractivity contribution in [1.29, 1.82) is 0 Å². The van der Waals surface area contributed by atoms with Gasteiger partial charge in [-0.05, 0) is 30.6 Å². The van der Waals surface area contributed by atoms with Gasteiger partial charge in [-0.25, -0.2) is 0 Å². The van der Waals surface area contributed by atoms with Gasteiger partial charge in [0.1, 0.15) is 0 Å². The molecule has 0 amide bonds. The molecule has 1 fully saturated rings. The lowest BCUT2D eigenvalue weighted by Crippen LogP contribution is -2.42. The number of hydrogen-bond acceptors (Lipinski definition) is 2. The Hall–Kier alpha value is -0.180. The predicted molar refractivity (Wildman–Crippen MR) is 84.4 cm³/mol. The molecule has 0 bridgehead atoms. The molecule has 0 radical (unpaired) electrons. The smallest absolute Gasteiger partial charge is 0.157 e. The van der Waals surface area contributed by atoms with Gasteiger partial charge in [-0.3, -0.25) is 4.99 Å². The first-order chi connectivity index (χ1) is 8.44. The SMILES string of the molecule is CCC1(CC)CSC(=NCC(C(C)C)C(C)C)N1. The van der Waals surface area contributed by atoms with E-state index in [-0.39, 0.29) is 0 Å². The van der Waals surface area contributed by atoms with Crippen molar-refractivity contribution in [2.24, 2.45) is 22.7 Å². The van der Waals surface area contributed by atoms with Crippen molar-refractivity contribution in [2.75, 3.05) is 12.3 Å². The molecule has 1 aliphatic heterocycles. The minimum atomic E-state index is 0.300. The van der Waals surface area contributed by atoms with Crippen molar-refractivity contribution in [3.05, 3.63) is 0 Å². The normalized spacial score (nSPS) is 21.3. The van der Waals surface area contributed by atoms with Crippen molar-refractivity contribution < 1.29 is 0 Å². The standard InChI is InChI=1S/C15H30N2S/c1-7-15(8-2)10-18-14(17-15)16-9-13(11(3)4)12(5)6/h11-13H,7-10H2,1-6H3,(H,16,17). The van der Waals surface area contributed by atoms with E-state index in [1.807, 2.05) is 11.8 Å². The summed E-state index contributed by atoms with van der Waals surface area (Å²) < 4.78 is 0. The molecule has 0 aromatic heterocycles. The van der Waals surface area contributed by atoms with Gasteiger partial charge in [0.05, 0.1) is 0 Å². The molecular formula is C15H30N2S. The molecule has 0 spiro atoms.